The lowest BCUT2D eigenvalue weighted by molar-refractivity contribution is 0.415. The van der Waals surface area contributed by atoms with E-state index in [9.17, 15) is 0 Å². The zero-order valence-electron chi connectivity index (χ0n) is 19.7. The van der Waals surface area contributed by atoms with E-state index in [1.54, 1.807) is 7.11 Å². The topological polar surface area (TPSA) is 21.6 Å². The highest BCUT2D eigenvalue weighted by Gasteiger charge is 2.48. The fourth-order valence-corrected chi connectivity index (χ4v) is 8.95. The van der Waals surface area contributed by atoms with Crippen molar-refractivity contribution in [2.75, 3.05) is 7.11 Å². The van der Waals surface area contributed by atoms with Gasteiger partial charge in [0.15, 0.2) is 0 Å². The molecule has 0 aromatic heterocycles. The van der Waals surface area contributed by atoms with Crippen molar-refractivity contribution in [3.63, 3.8) is 0 Å². The molecule has 0 spiro atoms. The highest BCUT2D eigenvalue weighted by molar-refractivity contribution is 8.01. The van der Waals surface area contributed by atoms with Gasteiger partial charge in [0.1, 0.15) is 34.2 Å². The van der Waals surface area contributed by atoms with Crippen molar-refractivity contribution in [1.29, 1.82) is 0 Å². The Kier molecular flexibility index (Phi) is 6.84. The normalized spacial score (nSPS) is 11.5. The molecule has 0 saturated heterocycles. The molecule has 35 heavy (non-hydrogen) atoms. The molecule has 0 radical (unpaired) electrons. The number of aliphatic imine (C=N–C) groups is 1. The fourth-order valence-electron chi connectivity index (χ4n) is 4.53. The number of methoxy groups -OCH3 is 1. The number of rotatable bonds is 7. The van der Waals surface area contributed by atoms with Crippen molar-refractivity contribution in [1.82, 2.24) is 0 Å². The van der Waals surface area contributed by atoms with Crippen LogP contribution in [-0.4, -0.2) is 13.3 Å². The maximum atomic E-state index is 5.30. The maximum Gasteiger partial charge on any atom is 0.145 e. The van der Waals surface area contributed by atoms with E-state index >= 15 is 0 Å². The molecule has 170 valence electrons. The molecular formula is C32H27NOP+. The number of ether oxygens (including phenoxy) is 1. The van der Waals surface area contributed by atoms with Crippen molar-refractivity contribution in [2.45, 2.75) is 0 Å². The summed E-state index contributed by atoms with van der Waals surface area (Å²) in [5, 5.41) is 5.26. The minimum atomic E-state index is -2.19. The molecule has 0 atom stereocenters. The summed E-state index contributed by atoms with van der Waals surface area (Å²) in [5.74, 6) is 0.825. The molecule has 0 aliphatic rings. The van der Waals surface area contributed by atoms with Crippen molar-refractivity contribution in [2.24, 2.45) is 4.99 Å². The third-order valence-electron chi connectivity index (χ3n) is 6.15. The quantitative estimate of drug-likeness (QED) is 0.208. The average Bonchev–Trinajstić information content (AvgIpc) is 2.95. The number of nitrogens with zero attached hydrogens (tertiary/aromatic N) is 1. The van der Waals surface area contributed by atoms with Crippen LogP contribution in [-0.2, 0) is 0 Å². The first kappa shape index (κ1) is 22.8. The van der Waals surface area contributed by atoms with Crippen LogP contribution in [0.2, 0.25) is 0 Å². The monoisotopic (exact) mass is 472 g/mol. The summed E-state index contributed by atoms with van der Waals surface area (Å²) in [6.45, 7) is 0. The summed E-state index contributed by atoms with van der Waals surface area (Å²) in [6.07, 6.45) is 2.00. The van der Waals surface area contributed by atoms with Crippen LogP contribution in [0.1, 0.15) is 5.56 Å². The highest BCUT2D eigenvalue weighted by atomic mass is 31.2. The Morgan fingerprint density at radius 3 is 1.49 bits per heavy atom. The van der Waals surface area contributed by atoms with Gasteiger partial charge in [-0.3, -0.25) is 4.99 Å². The van der Waals surface area contributed by atoms with E-state index in [1.807, 2.05) is 30.5 Å². The third-order valence-corrected chi connectivity index (χ3v) is 10.5. The van der Waals surface area contributed by atoms with Crippen molar-refractivity contribution in [3.8, 4) is 5.75 Å². The molecule has 2 nitrogen and oxygen atoms in total. The first-order chi connectivity index (χ1) is 17.3. The van der Waals surface area contributed by atoms with Gasteiger partial charge in [-0.1, -0.05) is 66.7 Å². The Balaban J connectivity index is 1.76. The average molecular weight is 473 g/mol. The van der Waals surface area contributed by atoms with Crippen LogP contribution in [0.25, 0.3) is 0 Å². The summed E-state index contributed by atoms with van der Waals surface area (Å²) in [6, 6.07) is 49.3. The van der Waals surface area contributed by atoms with Gasteiger partial charge in [0, 0.05) is 11.8 Å². The summed E-state index contributed by atoms with van der Waals surface area (Å²) < 4.78 is 5.30. The Morgan fingerprint density at radius 1 is 0.543 bits per heavy atom. The molecule has 0 aliphatic carbocycles. The van der Waals surface area contributed by atoms with Crippen LogP contribution < -0.4 is 26.0 Å². The summed E-state index contributed by atoms with van der Waals surface area (Å²) in [4.78, 5) is 4.84. The third kappa shape index (κ3) is 4.54. The van der Waals surface area contributed by atoms with E-state index in [2.05, 4.69) is 115 Å². The lowest BCUT2D eigenvalue weighted by atomic mass is 10.2. The van der Waals surface area contributed by atoms with Crippen LogP contribution >= 0.6 is 7.26 Å². The second-order valence-corrected chi connectivity index (χ2v) is 11.6. The molecule has 0 amide bonds. The van der Waals surface area contributed by atoms with Crippen LogP contribution in [0.3, 0.4) is 0 Å². The van der Waals surface area contributed by atoms with Gasteiger partial charge in [-0.05, 0) is 72.8 Å². The molecule has 0 aliphatic heterocycles. The molecule has 3 heteroatoms. The maximum absolute atomic E-state index is 5.30. The lowest BCUT2D eigenvalue weighted by Crippen LogP contribution is -2.40. The molecule has 0 fully saturated rings. The van der Waals surface area contributed by atoms with E-state index in [4.69, 9.17) is 9.73 Å². The minimum absolute atomic E-state index is 0.825. The van der Waals surface area contributed by atoms with Crippen LogP contribution in [0.5, 0.6) is 5.75 Å². The molecule has 0 heterocycles. The number of benzene rings is 5. The molecule has 0 bridgehead atoms. The molecule has 5 aromatic carbocycles. The van der Waals surface area contributed by atoms with Gasteiger partial charge in [0.2, 0.25) is 0 Å². The number of hydrogen-bond acceptors (Lipinski definition) is 2. The van der Waals surface area contributed by atoms with Gasteiger partial charge >= 0.3 is 0 Å². The predicted molar refractivity (Wildman–Crippen MR) is 151 cm³/mol. The van der Waals surface area contributed by atoms with Gasteiger partial charge in [-0.25, -0.2) is 0 Å². The van der Waals surface area contributed by atoms with E-state index < -0.39 is 7.26 Å². The molecule has 0 N–H and O–H groups in total. The van der Waals surface area contributed by atoms with Crippen LogP contribution in [0.4, 0.5) is 5.69 Å². The van der Waals surface area contributed by atoms with Gasteiger partial charge < -0.3 is 4.74 Å². The van der Waals surface area contributed by atoms with Gasteiger partial charge in [0.05, 0.1) is 12.8 Å². The predicted octanol–water partition coefficient (Wildman–Crippen LogP) is 6.07. The van der Waals surface area contributed by atoms with Gasteiger partial charge in [0.25, 0.3) is 0 Å². The highest BCUT2D eigenvalue weighted by Crippen LogP contribution is 2.54. The van der Waals surface area contributed by atoms with E-state index in [0.717, 1.165) is 17.0 Å². The molecule has 5 rings (SSSR count). The largest absolute Gasteiger partial charge is 0.497 e. The van der Waals surface area contributed by atoms with Crippen molar-refractivity contribution < 1.29 is 4.74 Å². The second kappa shape index (κ2) is 10.5. The second-order valence-electron chi connectivity index (χ2n) is 8.19. The van der Waals surface area contributed by atoms with E-state index in [1.165, 1.54) is 21.2 Å². The smallest absolute Gasteiger partial charge is 0.145 e. The Labute approximate surface area is 207 Å². The fraction of sp³-hybridized carbons (Fsp3) is 0.0312. The van der Waals surface area contributed by atoms with E-state index in [0.29, 0.717) is 0 Å². The zero-order valence-corrected chi connectivity index (χ0v) is 20.6. The Hall–Kier alpha value is -4.00. The Bertz CT molecular complexity index is 1300. The van der Waals surface area contributed by atoms with Crippen molar-refractivity contribution >= 4 is 40.4 Å². The zero-order chi connectivity index (χ0) is 23.9. The SMILES string of the molecule is COc1ccc(N=Cc2ccccc2[P+](c2ccccc2)(c2ccccc2)c2ccccc2)cc1. The van der Waals surface area contributed by atoms with Crippen molar-refractivity contribution in [3.05, 3.63) is 145 Å². The van der Waals surface area contributed by atoms with E-state index in [-0.39, 0.29) is 0 Å². The summed E-state index contributed by atoms with van der Waals surface area (Å²) in [7, 11) is -0.513. The summed E-state index contributed by atoms with van der Waals surface area (Å²) >= 11 is 0. The first-order valence-corrected chi connectivity index (χ1v) is 13.4. The Morgan fingerprint density at radius 2 is 1.00 bits per heavy atom. The minimum Gasteiger partial charge on any atom is -0.497 e. The molecular weight excluding hydrogens is 445 g/mol. The summed E-state index contributed by atoms with van der Waals surface area (Å²) in [5.41, 5.74) is 2.01. The van der Waals surface area contributed by atoms with Gasteiger partial charge in [-0.15, -0.1) is 0 Å². The molecule has 0 unspecified atom stereocenters. The van der Waals surface area contributed by atoms with Crippen LogP contribution in [0.15, 0.2) is 145 Å². The first-order valence-electron chi connectivity index (χ1n) is 11.7. The lowest BCUT2D eigenvalue weighted by Gasteiger charge is -2.28. The number of hydrogen-bond donors (Lipinski definition) is 0. The standard InChI is InChI=1S/C32H27NOP/c1-34-28-23-21-27(22-24-28)33-25-26-13-11-12-20-32(26)35(29-14-5-2-6-15-29,30-16-7-3-8-17-30)31-18-9-4-10-19-31/h2-25H,1H3/q+1. The molecule has 0 saturated carbocycles. The molecule has 5 aromatic rings. The van der Waals surface area contributed by atoms with Gasteiger partial charge in [-0.2, -0.15) is 0 Å². The van der Waals surface area contributed by atoms with Crippen LogP contribution in [0, 0.1) is 0 Å².